The molecule has 0 radical (unpaired) electrons. The summed E-state index contributed by atoms with van der Waals surface area (Å²) in [5.74, 6) is 0.782. The molecule has 2 aromatic heterocycles. The summed E-state index contributed by atoms with van der Waals surface area (Å²) in [6.45, 7) is 8.08. The zero-order chi connectivity index (χ0) is 18.7. The van der Waals surface area contributed by atoms with Gasteiger partial charge in [0.05, 0.1) is 0 Å². The lowest BCUT2D eigenvalue weighted by molar-refractivity contribution is 0.0943. The van der Waals surface area contributed by atoms with Gasteiger partial charge in [-0.3, -0.25) is 9.78 Å². The summed E-state index contributed by atoms with van der Waals surface area (Å²) in [5, 5.41) is 2.91. The van der Waals surface area contributed by atoms with E-state index in [4.69, 9.17) is 5.73 Å². The number of nitrogens with one attached hydrogen (secondary N) is 1. The van der Waals surface area contributed by atoms with Crippen molar-refractivity contribution in [3.63, 3.8) is 0 Å². The molecule has 1 amide bonds. The van der Waals surface area contributed by atoms with Gasteiger partial charge < -0.3 is 16.0 Å². The summed E-state index contributed by atoms with van der Waals surface area (Å²) in [4.78, 5) is 27.7. The van der Waals surface area contributed by atoms with Crippen LogP contribution in [0.4, 0.5) is 5.82 Å². The highest BCUT2D eigenvalue weighted by Gasteiger charge is 2.24. The molecule has 7 heteroatoms. The zero-order valence-electron chi connectivity index (χ0n) is 15.6. The molecule has 7 nitrogen and oxygen atoms in total. The van der Waals surface area contributed by atoms with Crippen LogP contribution in [0.5, 0.6) is 0 Å². The molecule has 138 valence electrons. The Labute approximate surface area is 154 Å². The molecule has 3 N–H and O–H groups in total. The minimum Gasteiger partial charge on any atom is -0.355 e. The van der Waals surface area contributed by atoms with E-state index in [1.54, 1.807) is 6.20 Å². The number of anilines is 1. The van der Waals surface area contributed by atoms with Crippen LogP contribution >= 0.6 is 0 Å². The molecule has 26 heavy (non-hydrogen) atoms. The highest BCUT2D eigenvalue weighted by atomic mass is 16.2. The lowest BCUT2D eigenvalue weighted by atomic mass is 10.1. The smallest absolute Gasteiger partial charge is 0.289 e. The van der Waals surface area contributed by atoms with Crippen molar-refractivity contribution in [2.24, 2.45) is 5.73 Å². The third kappa shape index (κ3) is 3.99. The van der Waals surface area contributed by atoms with Crippen molar-refractivity contribution < 1.29 is 4.79 Å². The van der Waals surface area contributed by atoms with Crippen molar-refractivity contribution in [3.8, 4) is 0 Å². The third-order valence-corrected chi connectivity index (χ3v) is 4.92. The van der Waals surface area contributed by atoms with E-state index >= 15 is 0 Å². The van der Waals surface area contributed by atoms with Crippen LogP contribution < -0.4 is 16.0 Å². The molecule has 0 bridgehead atoms. The largest absolute Gasteiger partial charge is 0.355 e. The van der Waals surface area contributed by atoms with E-state index in [1.807, 2.05) is 33.0 Å². The van der Waals surface area contributed by atoms with Crippen molar-refractivity contribution in [2.45, 2.75) is 39.7 Å². The van der Waals surface area contributed by atoms with Crippen molar-refractivity contribution >= 4 is 11.7 Å². The normalized spacial score (nSPS) is 16.8. The maximum Gasteiger partial charge on any atom is 0.289 e. The van der Waals surface area contributed by atoms with Crippen LogP contribution in [0.25, 0.3) is 0 Å². The Morgan fingerprint density at radius 1 is 1.35 bits per heavy atom. The average Bonchev–Trinajstić information content (AvgIpc) is 3.05. The number of amides is 1. The summed E-state index contributed by atoms with van der Waals surface area (Å²) in [7, 11) is 0. The van der Waals surface area contributed by atoms with Crippen LogP contribution in [0.3, 0.4) is 0 Å². The van der Waals surface area contributed by atoms with Crippen LogP contribution in [0.1, 0.15) is 39.4 Å². The Morgan fingerprint density at radius 2 is 2.15 bits per heavy atom. The van der Waals surface area contributed by atoms with Gasteiger partial charge in [0.1, 0.15) is 5.82 Å². The maximum atomic E-state index is 12.5. The second-order valence-electron chi connectivity index (χ2n) is 6.88. The molecule has 0 spiro atoms. The summed E-state index contributed by atoms with van der Waals surface area (Å²) in [5.41, 5.74) is 10.1. The first-order valence-electron chi connectivity index (χ1n) is 8.99. The van der Waals surface area contributed by atoms with Crippen molar-refractivity contribution in [3.05, 3.63) is 46.7 Å². The SMILES string of the molecule is Cc1ccncc1CCNC(=O)c1nc(C)c(C)c(N2CC[C@@H](N)C2)n1. The molecule has 1 aliphatic heterocycles. The topological polar surface area (TPSA) is 97.0 Å². The summed E-state index contributed by atoms with van der Waals surface area (Å²) in [6, 6.07) is 2.13. The number of rotatable bonds is 5. The Morgan fingerprint density at radius 3 is 2.85 bits per heavy atom. The molecule has 1 atom stereocenters. The predicted octanol–water partition coefficient (Wildman–Crippen LogP) is 1.31. The number of nitrogens with two attached hydrogens (primary N) is 1. The Bertz CT molecular complexity index is 807. The van der Waals surface area contributed by atoms with E-state index in [1.165, 1.54) is 5.56 Å². The zero-order valence-corrected chi connectivity index (χ0v) is 15.6. The van der Waals surface area contributed by atoms with Gasteiger partial charge in [0.25, 0.3) is 5.91 Å². The summed E-state index contributed by atoms with van der Waals surface area (Å²) in [6.07, 6.45) is 5.27. The van der Waals surface area contributed by atoms with Crippen LogP contribution in [-0.4, -0.2) is 46.5 Å². The van der Waals surface area contributed by atoms with Gasteiger partial charge >= 0.3 is 0 Å². The number of carbonyl (C=O) groups is 1. The number of aryl methyl sites for hydroxylation is 2. The monoisotopic (exact) mass is 354 g/mol. The van der Waals surface area contributed by atoms with Gasteiger partial charge in [0.15, 0.2) is 0 Å². The quantitative estimate of drug-likeness (QED) is 0.840. The molecule has 0 aromatic carbocycles. The predicted molar refractivity (Wildman–Crippen MR) is 101 cm³/mol. The van der Waals surface area contributed by atoms with E-state index in [2.05, 4.69) is 25.2 Å². The Kier molecular flexibility index (Phi) is 5.46. The fraction of sp³-hybridized carbons (Fsp3) is 0.474. The molecule has 0 saturated carbocycles. The summed E-state index contributed by atoms with van der Waals surface area (Å²) < 4.78 is 0. The first kappa shape index (κ1) is 18.3. The van der Waals surface area contributed by atoms with Gasteiger partial charge in [-0.25, -0.2) is 9.97 Å². The lowest BCUT2D eigenvalue weighted by Gasteiger charge is -2.20. The number of carbonyl (C=O) groups excluding carboxylic acids is 1. The molecule has 3 heterocycles. The number of hydrogen-bond acceptors (Lipinski definition) is 6. The molecule has 0 unspecified atom stereocenters. The first-order valence-corrected chi connectivity index (χ1v) is 8.99. The van der Waals surface area contributed by atoms with Gasteiger partial charge in [-0.1, -0.05) is 0 Å². The van der Waals surface area contributed by atoms with Crippen LogP contribution in [-0.2, 0) is 6.42 Å². The molecular weight excluding hydrogens is 328 g/mol. The minimum absolute atomic E-state index is 0.157. The second-order valence-corrected chi connectivity index (χ2v) is 6.88. The standard InChI is InChI=1S/C19H26N6O/c1-12-4-7-21-10-15(12)5-8-22-19(26)17-23-14(3)13(2)18(24-17)25-9-6-16(20)11-25/h4,7,10,16H,5-6,8-9,11,20H2,1-3H3,(H,22,26)/t16-/m1/s1. The van der Waals surface area contributed by atoms with Gasteiger partial charge in [-0.15, -0.1) is 0 Å². The van der Waals surface area contributed by atoms with Crippen molar-refractivity contribution in [2.75, 3.05) is 24.5 Å². The third-order valence-electron chi connectivity index (χ3n) is 4.92. The molecule has 1 aliphatic rings. The highest BCUT2D eigenvalue weighted by molar-refractivity contribution is 5.91. The second kappa shape index (κ2) is 7.78. The number of pyridine rings is 1. The maximum absolute atomic E-state index is 12.5. The fourth-order valence-corrected chi connectivity index (χ4v) is 3.15. The average molecular weight is 354 g/mol. The molecule has 0 aliphatic carbocycles. The van der Waals surface area contributed by atoms with Gasteiger partial charge in [0.2, 0.25) is 5.82 Å². The van der Waals surface area contributed by atoms with Crippen LogP contribution in [0, 0.1) is 20.8 Å². The van der Waals surface area contributed by atoms with Crippen LogP contribution in [0.15, 0.2) is 18.5 Å². The van der Waals surface area contributed by atoms with Gasteiger partial charge in [-0.2, -0.15) is 0 Å². The molecular formula is C19H26N6O. The van der Waals surface area contributed by atoms with E-state index in [0.29, 0.717) is 6.54 Å². The molecule has 1 saturated heterocycles. The van der Waals surface area contributed by atoms with E-state index in [0.717, 1.165) is 48.6 Å². The molecule has 2 aromatic rings. The fourth-order valence-electron chi connectivity index (χ4n) is 3.15. The lowest BCUT2D eigenvalue weighted by Crippen LogP contribution is -2.31. The summed E-state index contributed by atoms with van der Waals surface area (Å²) >= 11 is 0. The first-order chi connectivity index (χ1) is 12.5. The minimum atomic E-state index is -0.251. The van der Waals surface area contributed by atoms with Crippen LogP contribution in [0.2, 0.25) is 0 Å². The van der Waals surface area contributed by atoms with Gasteiger partial charge in [0, 0.05) is 49.3 Å². The number of hydrogen-bond donors (Lipinski definition) is 2. The van der Waals surface area contributed by atoms with Crippen molar-refractivity contribution in [1.82, 2.24) is 20.3 Å². The van der Waals surface area contributed by atoms with Gasteiger partial charge in [-0.05, 0) is 50.8 Å². The Hall–Kier alpha value is -2.54. The van der Waals surface area contributed by atoms with E-state index in [9.17, 15) is 4.79 Å². The molecule has 3 rings (SSSR count). The van der Waals surface area contributed by atoms with E-state index in [-0.39, 0.29) is 17.8 Å². The number of aromatic nitrogens is 3. The Balaban J connectivity index is 1.69. The number of nitrogens with zero attached hydrogens (tertiary/aromatic N) is 4. The molecule has 1 fully saturated rings. The van der Waals surface area contributed by atoms with Crippen molar-refractivity contribution in [1.29, 1.82) is 0 Å². The van der Waals surface area contributed by atoms with E-state index < -0.39 is 0 Å². The highest BCUT2D eigenvalue weighted by Crippen LogP contribution is 2.23.